The lowest BCUT2D eigenvalue weighted by molar-refractivity contribution is 0.617. The highest BCUT2D eigenvalue weighted by Crippen LogP contribution is 2.26. The number of benzene rings is 1. The van der Waals surface area contributed by atoms with E-state index in [1.807, 2.05) is 0 Å². The molecule has 0 bridgehead atoms. The first-order chi connectivity index (χ1) is 9.08. The van der Waals surface area contributed by atoms with Gasteiger partial charge in [0.15, 0.2) is 5.65 Å². The average molecular weight is 277 g/mol. The highest BCUT2D eigenvalue weighted by molar-refractivity contribution is 6.31. The number of nitrogens with two attached hydrogens (primary N) is 1. The molecule has 0 spiro atoms. The lowest BCUT2D eigenvalue weighted by Gasteiger charge is -2.09. The van der Waals surface area contributed by atoms with Gasteiger partial charge in [0, 0.05) is 11.8 Å². The number of aromatic nitrogens is 3. The minimum atomic E-state index is -0.298. The molecule has 6 heteroatoms. The van der Waals surface area contributed by atoms with Crippen molar-refractivity contribution in [2.24, 2.45) is 0 Å². The highest BCUT2D eigenvalue weighted by atomic mass is 35.5. The Balaban J connectivity index is 2.36. The zero-order chi connectivity index (χ0) is 13.6. The largest absolute Gasteiger partial charge is 0.369 e. The third-order valence-electron chi connectivity index (χ3n) is 2.97. The molecule has 2 N–H and O–H groups in total. The van der Waals surface area contributed by atoms with Crippen molar-refractivity contribution in [3.63, 3.8) is 0 Å². The molecule has 0 aliphatic heterocycles. The van der Waals surface area contributed by atoms with Crippen LogP contribution in [0.4, 0.5) is 10.3 Å². The number of imidazole rings is 1. The zero-order valence-corrected chi connectivity index (χ0v) is 10.8. The second-order valence-corrected chi connectivity index (χ2v) is 4.62. The van der Waals surface area contributed by atoms with Gasteiger partial charge >= 0.3 is 0 Å². The number of halogens is 2. The first-order valence-corrected chi connectivity index (χ1v) is 6.00. The number of pyridine rings is 1. The second kappa shape index (κ2) is 4.20. The minimum Gasteiger partial charge on any atom is -0.369 e. The standard InChI is InChI=1S/C13H10ClFN4/c1-7-9(15)3-2-4-11(7)19-12-10(18-13(19)16)5-8(14)6-17-12/h2-6H,1H3,(H2,16,18). The predicted octanol–water partition coefficient (Wildman–Crippen LogP) is 3.10. The number of rotatable bonds is 1. The van der Waals surface area contributed by atoms with E-state index in [1.165, 1.54) is 12.3 Å². The summed E-state index contributed by atoms with van der Waals surface area (Å²) in [5.74, 6) is -0.0498. The average Bonchev–Trinajstić information content (AvgIpc) is 2.68. The van der Waals surface area contributed by atoms with Gasteiger partial charge < -0.3 is 5.73 Å². The van der Waals surface area contributed by atoms with Crippen molar-refractivity contribution in [2.45, 2.75) is 6.92 Å². The molecule has 3 aromatic rings. The summed E-state index contributed by atoms with van der Waals surface area (Å²) < 4.78 is 15.3. The topological polar surface area (TPSA) is 56.7 Å². The summed E-state index contributed by atoms with van der Waals surface area (Å²) in [4.78, 5) is 8.41. The van der Waals surface area contributed by atoms with Crippen LogP contribution >= 0.6 is 11.6 Å². The van der Waals surface area contributed by atoms with Gasteiger partial charge in [-0.1, -0.05) is 17.7 Å². The van der Waals surface area contributed by atoms with E-state index in [0.717, 1.165) is 0 Å². The van der Waals surface area contributed by atoms with E-state index in [2.05, 4.69) is 9.97 Å². The Bertz CT molecular complexity index is 782. The molecule has 0 saturated carbocycles. The fourth-order valence-corrected chi connectivity index (χ4v) is 2.19. The molecular weight excluding hydrogens is 267 g/mol. The molecule has 2 aromatic heterocycles. The van der Waals surface area contributed by atoms with E-state index in [4.69, 9.17) is 17.3 Å². The maximum atomic E-state index is 13.7. The SMILES string of the molecule is Cc1c(F)cccc1-n1c(N)nc2cc(Cl)cnc21. The molecule has 2 heterocycles. The summed E-state index contributed by atoms with van der Waals surface area (Å²) in [6.45, 7) is 1.69. The molecule has 0 aliphatic carbocycles. The number of hydrogen-bond donors (Lipinski definition) is 1. The molecule has 4 nitrogen and oxygen atoms in total. The van der Waals surface area contributed by atoms with Crippen LogP contribution < -0.4 is 5.73 Å². The number of anilines is 1. The van der Waals surface area contributed by atoms with Gasteiger partial charge in [-0.15, -0.1) is 0 Å². The highest BCUT2D eigenvalue weighted by Gasteiger charge is 2.14. The Kier molecular flexibility index (Phi) is 2.64. The van der Waals surface area contributed by atoms with Crippen molar-refractivity contribution in [3.05, 3.63) is 46.9 Å². The monoisotopic (exact) mass is 276 g/mol. The van der Waals surface area contributed by atoms with E-state index in [-0.39, 0.29) is 11.8 Å². The van der Waals surface area contributed by atoms with Crippen LogP contribution in [0, 0.1) is 12.7 Å². The first kappa shape index (κ1) is 11.9. The van der Waals surface area contributed by atoms with Crippen LogP contribution in [0.1, 0.15) is 5.56 Å². The van der Waals surface area contributed by atoms with Crippen molar-refractivity contribution >= 4 is 28.7 Å². The molecule has 1 aromatic carbocycles. The van der Waals surface area contributed by atoms with E-state index in [1.54, 1.807) is 29.7 Å². The molecule has 96 valence electrons. The molecule has 0 saturated heterocycles. The van der Waals surface area contributed by atoms with Crippen molar-refractivity contribution in [3.8, 4) is 5.69 Å². The van der Waals surface area contributed by atoms with Crippen LogP contribution in [0.2, 0.25) is 5.02 Å². The minimum absolute atomic E-state index is 0.249. The van der Waals surface area contributed by atoms with E-state index >= 15 is 0 Å². The van der Waals surface area contributed by atoms with Crippen molar-refractivity contribution in [2.75, 3.05) is 5.73 Å². The van der Waals surface area contributed by atoms with Gasteiger partial charge in [0.25, 0.3) is 0 Å². The third-order valence-corrected chi connectivity index (χ3v) is 3.18. The maximum Gasteiger partial charge on any atom is 0.207 e. The van der Waals surface area contributed by atoms with Gasteiger partial charge in [0.1, 0.15) is 11.3 Å². The Hall–Kier alpha value is -2.14. The van der Waals surface area contributed by atoms with Gasteiger partial charge in [-0.25, -0.2) is 14.4 Å². The van der Waals surface area contributed by atoms with Gasteiger partial charge in [0.2, 0.25) is 5.95 Å². The molecule has 0 aliphatic rings. The van der Waals surface area contributed by atoms with Crippen LogP contribution in [0.5, 0.6) is 0 Å². The van der Waals surface area contributed by atoms with Gasteiger partial charge in [-0.3, -0.25) is 4.57 Å². The Labute approximate surface area is 113 Å². The summed E-state index contributed by atoms with van der Waals surface area (Å²) in [6.07, 6.45) is 1.51. The van der Waals surface area contributed by atoms with E-state index in [9.17, 15) is 4.39 Å². The maximum absolute atomic E-state index is 13.7. The molecule has 19 heavy (non-hydrogen) atoms. The number of nitrogen functional groups attached to an aromatic ring is 1. The van der Waals surface area contributed by atoms with Crippen LogP contribution in [0.3, 0.4) is 0 Å². The van der Waals surface area contributed by atoms with Gasteiger partial charge in [-0.05, 0) is 25.1 Å². The lowest BCUT2D eigenvalue weighted by Crippen LogP contribution is -2.04. The number of hydrogen-bond acceptors (Lipinski definition) is 3. The summed E-state index contributed by atoms with van der Waals surface area (Å²) in [5.41, 5.74) is 8.14. The smallest absolute Gasteiger partial charge is 0.207 e. The summed E-state index contributed by atoms with van der Waals surface area (Å²) in [6, 6.07) is 6.47. The fourth-order valence-electron chi connectivity index (χ4n) is 2.03. The summed E-state index contributed by atoms with van der Waals surface area (Å²) in [5, 5.41) is 0.480. The first-order valence-electron chi connectivity index (χ1n) is 5.63. The summed E-state index contributed by atoms with van der Waals surface area (Å²) >= 11 is 5.87. The van der Waals surface area contributed by atoms with Gasteiger partial charge in [0.05, 0.1) is 10.7 Å². The Morgan fingerprint density at radius 2 is 2.16 bits per heavy atom. The third kappa shape index (κ3) is 1.82. The van der Waals surface area contributed by atoms with Crippen LogP contribution in [0.25, 0.3) is 16.9 Å². The Morgan fingerprint density at radius 1 is 1.37 bits per heavy atom. The van der Waals surface area contributed by atoms with Crippen LogP contribution in [-0.4, -0.2) is 14.5 Å². The molecular formula is C13H10ClFN4. The lowest BCUT2D eigenvalue weighted by atomic mass is 10.2. The van der Waals surface area contributed by atoms with Crippen LogP contribution in [-0.2, 0) is 0 Å². The Morgan fingerprint density at radius 3 is 2.95 bits per heavy atom. The number of fused-ring (bicyclic) bond motifs is 1. The van der Waals surface area contributed by atoms with E-state index in [0.29, 0.717) is 27.4 Å². The van der Waals surface area contributed by atoms with Crippen molar-refractivity contribution < 1.29 is 4.39 Å². The van der Waals surface area contributed by atoms with Crippen LogP contribution in [0.15, 0.2) is 30.5 Å². The second-order valence-electron chi connectivity index (χ2n) is 4.19. The predicted molar refractivity (Wildman–Crippen MR) is 73.0 cm³/mol. The normalized spacial score (nSPS) is 11.1. The quantitative estimate of drug-likeness (QED) is 0.743. The molecule has 0 unspecified atom stereocenters. The molecule has 3 rings (SSSR count). The summed E-state index contributed by atoms with van der Waals surface area (Å²) in [7, 11) is 0. The van der Waals surface area contributed by atoms with E-state index < -0.39 is 0 Å². The van der Waals surface area contributed by atoms with Gasteiger partial charge in [-0.2, -0.15) is 0 Å². The molecule has 0 fully saturated rings. The molecule has 0 amide bonds. The fraction of sp³-hybridized carbons (Fsp3) is 0.0769. The van der Waals surface area contributed by atoms with Crippen molar-refractivity contribution in [1.29, 1.82) is 0 Å². The van der Waals surface area contributed by atoms with Crippen molar-refractivity contribution in [1.82, 2.24) is 14.5 Å². The molecule has 0 atom stereocenters. The molecule has 0 radical (unpaired) electrons. The number of nitrogens with zero attached hydrogens (tertiary/aromatic N) is 3. The zero-order valence-electron chi connectivity index (χ0n) is 10.1.